The molecule has 1 saturated heterocycles. The molecule has 3 atom stereocenters. The van der Waals surface area contributed by atoms with Gasteiger partial charge in [0.2, 0.25) is 17.7 Å². The van der Waals surface area contributed by atoms with Crippen molar-refractivity contribution in [1.82, 2.24) is 20.4 Å². The highest BCUT2D eigenvalue weighted by Crippen LogP contribution is 2.48. The fourth-order valence-electron chi connectivity index (χ4n) is 6.41. The Hall–Kier alpha value is -4.42. The summed E-state index contributed by atoms with van der Waals surface area (Å²) in [5.41, 5.74) is 17.8. The normalized spacial score (nSPS) is 20.4. The fourth-order valence-corrected chi connectivity index (χ4v) is 6.41. The molecule has 2 aromatic carbocycles. The minimum absolute atomic E-state index is 0.0270. The number of nitrogens with two attached hydrogens (primary N) is 2. The second kappa shape index (κ2) is 11.2. The first-order valence-electron chi connectivity index (χ1n) is 14.0. The predicted molar refractivity (Wildman–Crippen MR) is 158 cm³/mol. The first-order chi connectivity index (χ1) is 19.6. The third-order valence-electron chi connectivity index (χ3n) is 8.42. The molecule has 41 heavy (non-hydrogen) atoms. The van der Waals surface area contributed by atoms with Crippen molar-refractivity contribution in [1.29, 1.82) is 5.26 Å². The van der Waals surface area contributed by atoms with Gasteiger partial charge < -0.3 is 26.1 Å². The second-order valence-electron chi connectivity index (χ2n) is 11.2. The van der Waals surface area contributed by atoms with Gasteiger partial charge in [-0.1, -0.05) is 31.4 Å². The molecule has 0 saturated carbocycles. The summed E-state index contributed by atoms with van der Waals surface area (Å²) in [5.74, 6) is 0.488. The van der Waals surface area contributed by atoms with E-state index in [1.54, 1.807) is 13.0 Å². The van der Waals surface area contributed by atoms with E-state index in [2.05, 4.69) is 58.7 Å². The molecule has 2 unspecified atom stereocenters. The van der Waals surface area contributed by atoms with E-state index >= 15 is 0 Å². The zero-order chi connectivity index (χ0) is 29.3. The number of aromatic nitrogens is 2. The number of nitrogens with one attached hydrogen (secondary N) is 1. The number of hydrogen-bond donors (Lipinski definition) is 3. The van der Waals surface area contributed by atoms with Crippen LogP contribution in [0.25, 0.3) is 5.70 Å². The Morgan fingerprint density at radius 3 is 2.41 bits per heavy atom. The Kier molecular flexibility index (Phi) is 7.70. The Morgan fingerprint density at radius 2 is 1.83 bits per heavy atom. The van der Waals surface area contributed by atoms with Gasteiger partial charge in [0.15, 0.2) is 0 Å². The zero-order valence-electron chi connectivity index (χ0n) is 23.7. The topological polar surface area (TPSA) is 147 Å². The van der Waals surface area contributed by atoms with E-state index in [9.17, 15) is 10.1 Å². The number of fused-ring (bicyclic) bond motifs is 2. The van der Waals surface area contributed by atoms with Gasteiger partial charge in [0.05, 0.1) is 6.07 Å². The zero-order valence-corrected chi connectivity index (χ0v) is 23.7. The molecule has 0 spiro atoms. The van der Waals surface area contributed by atoms with Gasteiger partial charge >= 0.3 is 0 Å². The number of nitrogens with zero attached hydrogens (tertiary/aromatic N) is 4. The van der Waals surface area contributed by atoms with Crippen molar-refractivity contribution in [3.05, 3.63) is 100 Å². The van der Waals surface area contributed by atoms with Crippen molar-refractivity contribution in [3.63, 3.8) is 0 Å². The van der Waals surface area contributed by atoms with Crippen LogP contribution in [0.1, 0.15) is 76.1 Å². The minimum Gasteiger partial charge on any atom is -0.424 e. The first-order valence-corrected chi connectivity index (χ1v) is 14.0. The van der Waals surface area contributed by atoms with E-state index in [4.69, 9.17) is 15.9 Å². The van der Waals surface area contributed by atoms with Gasteiger partial charge in [0.1, 0.15) is 11.5 Å². The Labute approximate surface area is 240 Å². The van der Waals surface area contributed by atoms with Crippen molar-refractivity contribution >= 4 is 11.6 Å². The van der Waals surface area contributed by atoms with Gasteiger partial charge in [-0.25, -0.2) is 0 Å². The van der Waals surface area contributed by atoms with E-state index in [0.717, 1.165) is 59.3 Å². The molecule has 5 N–H and O–H groups in total. The van der Waals surface area contributed by atoms with Crippen LogP contribution >= 0.6 is 0 Å². The molecule has 1 fully saturated rings. The standard InChI is InChI=1S/C32H37N7O2/c1-19(36-18-20(2)39-13-5-6-27(39)17-33)16-32(31-38-37-22(4)41-31)28-11-9-23(21(3)34)14-24(28)7-8-25-15-26(30(35)40)10-12-29(25)32/h9-12,14-15,19,27,36H,2-3,5-8,13,16,18,34H2,1,4H3,(H2,35,40)/t19-,27?,32?/m0/s1. The highest BCUT2D eigenvalue weighted by Gasteiger charge is 2.46. The lowest BCUT2D eigenvalue weighted by Crippen LogP contribution is -2.41. The van der Waals surface area contributed by atoms with Crippen LogP contribution in [0.3, 0.4) is 0 Å². The van der Waals surface area contributed by atoms with Crippen molar-refractivity contribution in [2.24, 2.45) is 11.5 Å². The molecule has 1 aliphatic heterocycles. The summed E-state index contributed by atoms with van der Waals surface area (Å²) in [6.07, 6.45) is 3.86. The molecule has 1 aliphatic carbocycles. The number of amides is 1. The lowest BCUT2D eigenvalue weighted by molar-refractivity contribution is 0.1000. The number of benzene rings is 2. The number of rotatable bonds is 9. The van der Waals surface area contributed by atoms with Crippen LogP contribution in [0.15, 0.2) is 59.7 Å². The summed E-state index contributed by atoms with van der Waals surface area (Å²) >= 11 is 0. The Bertz CT molecular complexity index is 1480. The second-order valence-corrected chi connectivity index (χ2v) is 11.2. The summed E-state index contributed by atoms with van der Waals surface area (Å²) in [6, 6.07) is 14.0. The SMILES string of the molecule is C=C(N)c1ccc2c(c1)CCc1cc(C(N)=O)ccc1C2(C[C@H](C)NCC(=C)N1CCCC1C#N)c1nnc(C)o1. The molecule has 3 aromatic rings. The molecule has 0 radical (unpaired) electrons. The molecule has 1 amide bonds. The lowest BCUT2D eigenvalue weighted by atomic mass is 9.68. The minimum atomic E-state index is -0.816. The largest absolute Gasteiger partial charge is 0.424 e. The van der Waals surface area contributed by atoms with E-state index in [0.29, 0.717) is 42.4 Å². The van der Waals surface area contributed by atoms with Crippen LogP contribution in [0.2, 0.25) is 0 Å². The molecular formula is C32H37N7O2. The third-order valence-corrected chi connectivity index (χ3v) is 8.42. The van der Waals surface area contributed by atoms with Crippen LogP contribution in [-0.2, 0) is 18.3 Å². The average Bonchev–Trinajstić information content (AvgIpc) is 3.60. The smallest absolute Gasteiger partial charge is 0.248 e. The van der Waals surface area contributed by atoms with Gasteiger partial charge in [-0.2, -0.15) is 5.26 Å². The van der Waals surface area contributed by atoms with Crippen molar-refractivity contribution in [2.75, 3.05) is 13.1 Å². The number of aryl methyl sites for hydroxylation is 3. The van der Waals surface area contributed by atoms with Crippen LogP contribution in [0, 0.1) is 18.3 Å². The molecule has 2 aliphatic rings. The van der Waals surface area contributed by atoms with E-state index in [1.165, 1.54) is 0 Å². The highest BCUT2D eigenvalue weighted by molar-refractivity contribution is 5.93. The monoisotopic (exact) mass is 551 g/mol. The van der Waals surface area contributed by atoms with E-state index in [1.807, 2.05) is 18.2 Å². The van der Waals surface area contributed by atoms with Gasteiger partial charge in [0, 0.05) is 43.0 Å². The number of primary amides is 1. The molecule has 9 nitrogen and oxygen atoms in total. The van der Waals surface area contributed by atoms with Crippen LogP contribution in [-0.4, -0.2) is 46.2 Å². The number of carbonyl (C=O) groups is 1. The van der Waals surface area contributed by atoms with Crippen LogP contribution in [0.5, 0.6) is 0 Å². The van der Waals surface area contributed by atoms with Crippen LogP contribution in [0.4, 0.5) is 0 Å². The quantitative estimate of drug-likeness (QED) is 0.365. The summed E-state index contributed by atoms with van der Waals surface area (Å²) in [7, 11) is 0. The number of hydrogen-bond acceptors (Lipinski definition) is 8. The lowest BCUT2D eigenvalue weighted by Gasteiger charge is -2.36. The maximum Gasteiger partial charge on any atom is 0.248 e. The highest BCUT2D eigenvalue weighted by atomic mass is 16.4. The molecular weight excluding hydrogens is 514 g/mol. The molecule has 2 heterocycles. The van der Waals surface area contributed by atoms with Gasteiger partial charge in [-0.15, -0.1) is 10.2 Å². The van der Waals surface area contributed by atoms with Crippen molar-refractivity contribution < 1.29 is 9.21 Å². The number of likely N-dealkylation sites (tertiary alicyclic amines) is 1. The first kappa shape index (κ1) is 28.1. The Balaban J connectivity index is 1.61. The van der Waals surface area contributed by atoms with Gasteiger partial charge in [0.25, 0.3) is 0 Å². The van der Waals surface area contributed by atoms with Crippen molar-refractivity contribution in [3.8, 4) is 6.07 Å². The summed E-state index contributed by atoms with van der Waals surface area (Å²) in [5, 5.41) is 22.0. The summed E-state index contributed by atoms with van der Waals surface area (Å²) < 4.78 is 6.24. The molecule has 1 aromatic heterocycles. The van der Waals surface area contributed by atoms with E-state index in [-0.39, 0.29) is 12.1 Å². The van der Waals surface area contributed by atoms with Gasteiger partial charge in [-0.05, 0) is 85.0 Å². The molecule has 9 heteroatoms. The number of nitriles is 1. The average molecular weight is 552 g/mol. The van der Waals surface area contributed by atoms with E-state index < -0.39 is 11.3 Å². The number of carbonyl (C=O) groups excluding carboxylic acids is 1. The predicted octanol–water partition coefficient (Wildman–Crippen LogP) is 3.71. The van der Waals surface area contributed by atoms with Gasteiger partial charge in [-0.3, -0.25) is 4.79 Å². The molecule has 5 rings (SSSR count). The van der Waals surface area contributed by atoms with Crippen LogP contribution < -0.4 is 16.8 Å². The Morgan fingerprint density at radius 1 is 1.17 bits per heavy atom. The maximum absolute atomic E-state index is 12.1. The summed E-state index contributed by atoms with van der Waals surface area (Å²) in [4.78, 5) is 14.2. The fraction of sp³-hybridized carbons (Fsp3) is 0.375. The van der Waals surface area contributed by atoms with Crippen molar-refractivity contribution in [2.45, 2.75) is 63.5 Å². The summed E-state index contributed by atoms with van der Waals surface area (Å²) in [6.45, 7) is 13.5. The molecule has 0 bridgehead atoms. The maximum atomic E-state index is 12.1. The molecule has 212 valence electrons. The third kappa shape index (κ3) is 5.23.